The van der Waals surface area contributed by atoms with Crippen LogP contribution in [0, 0.1) is 0 Å². The molecule has 0 spiro atoms. The highest BCUT2D eigenvalue weighted by Gasteiger charge is 2.32. The number of nitrogen functional groups attached to an aromatic ring is 1. The predicted octanol–water partition coefficient (Wildman–Crippen LogP) is 5.21. The van der Waals surface area contributed by atoms with Crippen molar-refractivity contribution in [1.29, 1.82) is 0 Å². The standard InChI is InChI=1S/C14H11Cl2F3N2/c15-11-5-9(20)6-12(16)13(11)21-7-8-3-1-2-4-10(8)14(17,18)19/h1-6,21H,7,20H2. The van der Waals surface area contributed by atoms with Crippen molar-refractivity contribution in [2.45, 2.75) is 12.7 Å². The maximum atomic E-state index is 12.9. The van der Waals surface area contributed by atoms with Crippen LogP contribution in [0.3, 0.4) is 0 Å². The van der Waals surface area contributed by atoms with Gasteiger partial charge >= 0.3 is 6.18 Å². The molecular formula is C14H11Cl2F3N2. The van der Waals surface area contributed by atoms with Crippen LogP contribution in [-0.2, 0) is 12.7 Å². The Bertz CT molecular complexity index is 634. The molecule has 0 bridgehead atoms. The fraction of sp³-hybridized carbons (Fsp3) is 0.143. The highest BCUT2D eigenvalue weighted by molar-refractivity contribution is 6.39. The molecule has 0 atom stereocenters. The van der Waals surface area contributed by atoms with Crippen molar-refractivity contribution in [1.82, 2.24) is 0 Å². The molecule has 2 aromatic rings. The SMILES string of the molecule is Nc1cc(Cl)c(NCc2ccccc2C(F)(F)F)c(Cl)c1. The molecule has 0 radical (unpaired) electrons. The first-order valence-electron chi connectivity index (χ1n) is 5.92. The molecule has 0 saturated heterocycles. The molecule has 0 heterocycles. The third-order valence-electron chi connectivity index (χ3n) is 2.84. The van der Waals surface area contributed by atoms with Gasteiger partial charge in [0, 0.05) is 12.2 Å². The summed E-state index contributed by atoms with van der Waals surface area (Å²) in [5.41, 5.74) is 5.71. The van der Waals surface area contributed by atoms with Crippen molar-refractivity contribution < 1.29 is 13.2 Å². The zero-order chi connectivity index (χ0) is 15.6. The second kappa shape index (κ2) is 6.03. The molecule has 7 heteroatoms. The first kappa shape index (κ1) is 15.8. The maximum Gasteiger partial charge on any atom is 0.416 e. The summed E-state index contributed by atoms with van der Waals surface area (Å²) in [5.74, 6) is 0. The van der Waals surface area contributed by atoms with Crippen molar-refractivity contribution in [2.75, 3.05) is 11.1 Å². The summed E-state index contributed by atoms with van der Waals surface area (Å²) in [6, 6.07) is 8.27. The molecule has 0 aliphatic heterocycles. The van der Waals surface area contributed by atoms with Crippen molar-refractivity contribution in [3.63, 3.8) is 0 Å². The summed E-state index contributed by atoms with van der Waals surface area (Å²) >= 11 is 12.0. The summed E-state index contributed by atoms with van der Waals surface area (Å²) in [7, 11) is 0. The fourth-order valence-electron chi connectivity index (χ4n) is 1.90. The topological polar surface area (TPSA) is 38.0 Å². The quantitative estimate of drug-likeness (QED) is 0.756. The Hall–Kier alpha value is -1.59. The van der Waals surface area contributed by atoms with Gasteiger partial charge < -0.3 is 11.1 Å². The average molecular weight is 335 g/mol. The molecule has 112 valence electrons. The van der Waals surface area contributed by atoms with E-state index in [0.29, 0.717) is 11.4 Å². The second-order valence-electron chi connectivity index (χ2n) is 4.37. The van der Waals surface area contributed by atoms with Gasteiger partial charge in [-0.1, -0.05) is 41.4 Å². The predicted molar refractivity (Wildman–Crippen MR) is 79.6 cm³/mol. The van der Waals surface area contributed by atoms with Crippen LogP contribution in [0.4, 0.5) is 24.5 Å². The van der Waals surface area contributed by atoms with Crippen LogP contribution in [-0.4, -0.2) is 0 Å². The number of hydrogen-bond acceptors (Lipinski definition) is 2. The molecule has 2 rings (SSSR count). The Morgan fingerprint density at radius 2 is 1.62 bits per heavy atom. The third kappa shape index (κ3) is 3.74. The number of hydrogen-bond donors (Lipinski definition) is 2. The van der Waals surface area contributed by atoms with E-state index in [9.17, 15) is 13.2 Å². The summed E-state index contributed by atoms with van der Waals surface area (Å²) < 4.78 is 38.7. The Labute approximate surface area is 129 Å². The van der Waals surface area contributed by atoms with Gasteiger partial charge in [-0.25, -0.2) is 0 Å². The fourth-order valence-corrected chi connectivity index (χ4v) is 2.53. The zero-order valence-corrected chi connectivity index (χ0v) is 12.2. The number of anilines is 2. The van der Waals surface area contributed by atoms with E-state index in [2.05, 4.69) is 5.32 Å². The van der Waals surface area contributed by atoms with Gasteiger partial charge in [-0.2, -0.15) is 13.2 Å². The largest absolute Gasteiger partial charge is 0.416 e. The van der Waals surface area contributed by atoms with Crippen LogP contribution in [0.25, 0.3) is 0 Å². The summed E-state index contributed by atoms with van der Waals surface area (Å²) in [6.07, 6.45) is -4.41. The summed E-state index contributed by atoms with van der Waals surface area (Å²) in [4.78, 5) is 0. The van der Waals surface area contributed by atoms with Crippen molar-refractivity contribution in [3.8, 4) is 0 Å². The highest BCUT2D eigenvalue weighted by atomic mass is 35.5. The van der Waals surface area contributed by atoms with Gasteiger partial charge in [0.25, 0.3) is 0 Å². The number of rotatable bonds is 3. The van der Waals surface area contributed by atoms with Gasteiger partial charge in [0.1, 0.15) is 0 Å². The minimum absolute atomic E-state index is 0.0565. The Morgan fingerprint density at radius 3 is 2.19 bits per heavy atom. The Kier molecular flexibility index (Phi) is 4.54. The zero-order valence-electron chi connectivity index (χ0n) is 10.6. The lowest BCUT2D eigenvalue weighted by molar-refractivity contribution is -0.138. The molecule has 0 fully saturated rings. The lowest BCUT2D eigenvalue weighted by Crippen LogP contribution is -2.12. The van der Waals surface area contributed by atoms with Crippen LogP contribution in [0.1, 0.15) is 11.1 Å². The highest BCUT2D eigenvalue weighted by Crippen LogP contribution is 2.35. The molecule has 0 amide bonds. The number of benzene rings is 2. The monoisotopic (exact) mass is 334 g/mol. The molecule has 0 saturated carbocycles. The van der Waals surface area contributed by atoms with E-state index in [1.165, 1.54) is 24.3 Å². The molecule has 2 aromatic carbocycles. The van der Waals surface area contributed by atoms with Crippen LogP contribution in [0.2, 0.25) is 10.0 Å². The molecule has 0 aromatic heterocycles. The minimum atomic E-state index is -4.41. The molecule has 0 unspecified atom stereocenters. The molecular weight excluding hydrogens is 324 g/mol. The lowest BCUT2D eigenvalue weighted by atomic mass is 10.1. The number of halogens is 5. The van der Waals surface area contributed by atoms with E-state index in [1.807, 2.05) is 0 Å². The van der Waals surface area contributed by atoms with E-state index in [-0.39, 0.29) is 22.2 Å². The summed E-state index contributed by atoms with van der Waals surface area (Å²) in [6.45, 7) is -0.0565. The minimum Gasteiger partial charge on any atom is -0.399 e. The number of nitrogens with two attached hydrogens (primary N) is 1. The molecule has 21 heavy (non-hydrogen) atoms. The van der Waals surface area contributed by atoms with Crippen LogP contribution in [0.15, 0.2) is 36.4 Å². The molecule has 0 aliphatic carbocycles. The third-order valence-corrected chi connectivity index (χ3v) is 3.44. The van der Waals surface area contributed by atoms with Gasteiger partial charge in [-0.3, -0.25) is 0 Å². The maximum absolute atomic E-state index is 12.9. The van der Waals surface area contributed by atoms with E-state index in [1.54, 1.807) is 6.07 Å². The molecule has 3 N–H and O–H groups in total. The van der Waals surface area contributed by atoms with E-state index < -0.39 is 11.7 Å². The number of nitrogens with one attached hydrogen (secondary N) is 1. The Morgan fingerprint density at radius 1 is 1.05 bits per heavy atom. The summed E-state index contributed by atoms with van der Waals surface area (Å²) in [5, 5.41) is 3.33. The Balaban J connectivity index is 2.26. The van der Waals surface area contributed by atoms with Crippen LogP contribution in [0.5, 0.6) is 0 Å². The average Bonchev–Trinajstić information content (AvgIpc) is 2.36. The normalized spacial score (nSPS) is 11.5. The smallest absolute Gasteiger partial charge is 0.399 e. The molecule has 0 aliphatic rings. The first-order valence-corrected chi connectivity index (χ1v) is 6.68. The van der Waals surface area contributed by atoms with Gasteiger partial charge in [0.15, 0.2) is 0 Å². The van der Waals surface area contributed by atoms with Gasteiger partial charge in [-0.05, 0) is 23.8 Å². The van der Waals surface area contributed by atoms with E-state index >= 15 is 0 Å². The van der Waals surface area contributed by atoms with Crippen LogP contribution >= 0.6 is 23.2 Å². The van der Waals surface area contributed by atoms with Crippen molar-refractivity contribution in [3.05, 3.63) is 57.6 Å². The first-order chi connectivity index (χ1) is 9.79. The van der Waals surface area contributed by atoms with Crippen LogP contribution < -0.4 is 11.1 Å². The van der Waals surface area contributed by atoms with Gasteiger partial charge in [0.05, 0.1) is 21.3 Å². The van der Waals surface area contributed by atoms with E-state index in [0.717, 1.165) is 6.07 Å². The van der Waals surface area contributed by atoms with Crippen molar-refractivity contribution >= 4 is 34.6 Å². The molecule has 2 nitrogen and oxygen atoms in total. The number of alkyl halides is 3. The van der Waals surface area contributed by atoms with E-state index in [4.69, 9.17) is 28.9 Å². The lowest BCUT2D eigenvalue weighted by Gasteiger charge is -2.15. The van der Waals surface area contributed by atoms with Gasteiger partial charge in [0.2, 0.25) is 0 Å². The second-order valence-corrected chi connectivity index (χ2v) is 5.18. The van der Waals surface area contributed by atoms with Gasteiger partial charge in [-0.15, -0.1) is 0 Å². The van der Waals surface area contributed by atoms with Crippen molar-refractivity contribution in [2.24, 2.45) is 0 Å².